The number of fused-ring (bicyclic) bond motifs is 1. The van der Waals surface area contributed by atoms with Crippen molar-refractivity contribution in [3.8, 4) is 5.75 Å². The van der Waals surface area contributed by atoms with Crippen LogP contribution < -0.4 is 14.5 Å². The first-order valence-corrected chi connectivity index (χ1v) is 9.14. The van der Waals surface area contributed by atoms with Crippen LogP contribution in [0.15, 0.2) is 42.5 Å². The van der Waals surface area contributed by atoms with Gasteiger partial charge < -0.3 is 14.4 Å². The first-order chi connectivity index (χ1) is 12.6. The Morgan fingerprint density at radius 3 is 2.62 bits per heavy atom. The van der Waals surface area contributed by atoms with Gasteiger partial charge in [0.25, 0.3) is 5.91 Å². The molecule has 1 unspecified atom stereocenters. The molecular formula is C21H24N2O3. The second kappa shape index (κ2) is 7.00. The predicted molar refractivity (Wildman–Crippen MR) is 102 cm³/mol. The summed E-state index contributed by atoms with van der Waals surface area (Å²) in [7, 11) is 0. The molecular weight excluding hydrogens is 328 g/mol. The van der Waals surface area contributed by atoms with Gasteiger partial charge in [-0.05, 0) is 49.7 Å². The molecule has 0 saturated carbocycles. The molecule has 0 bridgehead atoms. The lowest BCUT2D eigenvalue weighted by atomic mass is 10.1. The number of morpholine rings is 1. The minimum atomic E-state index is -0.00312. The normalized spacial score (nSPS) is 19.7. The highest BCUT2D eigenvalue weighted by molar-refractivity contribution is 6.07. The maximum atomic E-state index is 13.2. The number of carbonyl (C=O) groups is 1. The third-order valence-corrected chi connectivity index (χ3v) is 5.06. The van der Waals surface area contributed by atoms with Crippen LogP contribution in [-0.4, -0.2) is 44.9 Å². The fourth-order valence-electron chi connectivity index (χ4n) is 3.70. The van der Waals surface area contributed by atoms with Crippen LogP contribution in [0.4, 0.5) is 11.4 Å². The van der Waals surface area contributed by atoms with E-state index < -0.39 is 0 Å². The molecule has 2 aromatic carbocycles. The van der Waals surface area contributed by atoms with Crippen molar-refractivity contribution in [2.45, 2.75) is 19.9 Å². The van der Waals surface area contributed by atoms with Crippen molar-refractivity contribution in [1.82, 2.24) is 0 Å². The highest BCUT2D eigenvalue weighted by Gasteiger charge is 2.30. The summed E-state index contributed by atoms with van der Waals surface area (Å²) in [6, 6.07) is 13.7. The second-order valence-electron chi connectivity index (χ2n) is 6.90. The molecule has 4 rings (SSSR count). The lowest BCUT2D eigenvalue weighted by Crippen LogP contribution is -2.45. The number of nitrogens with zero attached hydrogens (tertiary/aromatic N) is 2. The van der Waals surface area contributed by atoms with Gasteiger partial charge in [0, 0.05) is 24.3 Å². The molecule has 0 aliphatic carbocycles. The van der Waals surface area contributed by atoms with E-state index in [1.165, 1.54) is 5.69 Å². The van der Waals surface area contributed by atoms with Gasteiger partial charge in [-0.1, -0.05) is 12.1 Å². The molecule has 5 heteroatoms. The SMILES string of the molecule is Cc1cc(C(=O)N2c3ccccc3OCC2C)ccc1N1CCOCC1. The lowest BCUT2D eigenvalue weighted by Gasteiger charge is -2.35. The van der Waals surface area contributed by atoms with E-state index in [-0.39, 0.29) is 11.9 Å². The first-order valence-electron chi connectivity index (χ1n) is 9.14. The van der Waals surface area contributed by atoms with Crippen LogP contribution >= 0.6 is 0 Å². The molecule has 0 aromatic heterocycles. The third-order valence-electron chi connectivity index (χ3n) is 5.06. The van der Waals surface area contributed by atoms with E-state index in [4.69, 9.17) is 9.47 Å². The first kappa shape index (κ1) is 16.9. The Morgan fingerprint density at radius 1 is 1.08 bits per heavy atom. The Kier molecular flexibility index (Phi) is 4.55. The van der Waals surface area contributed by atoms with E-state index in [0.29, 0.717) is 12.2 Å². The number of aryl methyl sites for hydroxylation is 1. The van der Waals surface area contributed by atoms with Gasteiger partial charge in [-0.3, -0.25) is 9.69 Å². The summed E-state index contributed by atoms with van der Waals surface area (Å²) >= 11 is 0. The topological polar surface area (TPSA) is 42.0 Å². The van der Waals surface area contributed by atoms with Gasteiger partial charge in [0.1, 0.15) is 12.4 Å². The zero-order valence-corrected chi connectivity index (χ0v) is 15.3. The van der Waals surface area contributed by atoms with Crippen LogP contribution in [0.1, 0.15) is 22.8 Å². The van der Waals surface area contributed by atoms with E-state index in [1.54, 1.807) is 0 Å². The highest BCUT2D eigenvalue weighted by Crippen LogP contribution is 2.35. The van der Waals surface area contributed by atoms with Crippen LogP contribution in [0.3, 0.4) is 0 Å². The van der Waals surface area contributed by atoms with Gasteiger partial charge in [-0.15, -0.1) is 0 Å². The minimum absolute atomic E-state index is 0.00312. The molecule has 136 valence electrons. The van der Waals surface area contributed by atoms with Crippen molar-refractivity contribution < 1.29 is 14.3 Å². The van der Waals surface area contributed by atoms with Gasteiger partial charge in [-0.2, -0.15) is 0 Å². The molecule has 2 aromatic rings. The standard InChI is InChI=1S/C21H24N2O3/c1-15-13-17(7-8-18(15)22-9-11-25-12-10-22)21(24)23-16(2)14-26-20-6-4-3-5-19(20)23/h3-8,13,16H,9-12,14H2,1-2H3. The number of hydrogen-bond donors (Lipinski definition) is 0. The van der Waals surface area contributed by atoms with Crippen LogP contribution in [0.5, 0.6) is 5.75 Å². The number of para-hydroxylation sites is 2. The van der Waals surface area contributed by atoms with Crippen LogP contribution in [0.25, 0.3) is 0 Å². The zero-order valence-electron chi connectivity index (χ0n) is 15.3. The molecule has 5 nitrogen and oxygen atoms in total. The summed E-state index contributed by atoms with van der Waals surface area (Å²) in [5, 5.41) is 0. The molecule has 1 amide bonds. The fraction of sp³-hybridized carbons (Fsp3) is 0.381. The van der Waals surface area contributed by atoms with Gasteiger partial charge in [0.2, 0.25) is 0 Å². The van der Waals surface area contributed by atoms with Crippen molar-refractivity contribution >= 4 is 17.3 Å². The number of rotatable bonds is 2. The Bertz CT molecular complexity index is 815. The average molecular weight is 352 g/mol. The largest absolute Gasteiger partial charge is 0.489 e. The second-order valence-corrected chi connectivity index (χ2v) is 6.90. The molecule has 1 saturated heterocycles. The van der Waals surface area contributed by atoms with Crippen LogP contribution in [0.2, 0.25) is 0 Å². The van der Waals surface area contributed by atoms with Crippen LogP contribution in [-0.2, 0) is 4.74 Å². The van der Waals surface area contributed by atoms with Gasteiger partial charge in [-0.25, -0.2) is 0 Å². The highest BCUT2D eigenvalue weighted by atomic mass is 16.5. The summed E-state index contributed by atoms with van der Waals surface area (Å²) in [5.74, 6) is 0.783. The Labute approximate surface area is 154 Å². The smallest absolute Gasteiger partial charge is 0.258 e. The molecule has 2 heterocycles. The van der Waals surface area contributed by atoms with E-state index >= 15 is 0 Å². The quantitative estimate of drug-likeness (QED) is 0.832. The molecule has 1 atom stereocenters. The van der Waals surface area contributed by atoms with Gasteiger partial charge in [0.05, 0.1) is 24.9 Å². The number of hydrogen-bond acceptors (Lipinski definition) is 4. The fourth-order valence-corrected chi connectivity index (χ4v) is 3.70. The van der Waals surface area contributed by atoms with Gasteiger partial charge >= 0.3 is 0 Å². The summed E-state index contributed by atoms with van der Waals surface area (Å²) in [6.07, 6.45) is 0. The zero-order chi connectivity index (χ0) is 18.1. The van der Waals surface area contributed by atoms with Crippen molar-refractivity contribution in [1.29, 1.82) is 0 Å². The summed E-state index contributed by atoms with van der Waals surface area (Å²) in [6.45, 7) is 7.88. The molecule has 2 aliphatic rings. The van der Waals surface area contributed by atoms with Crippen LogP contribution in [0, 0.1) is 6.92 Å². The Hall–Kier alpha value is -2.53. The minimum Gasteiger partial charge on any atom is -0.489 e. The monoisotopic (exact) mass is 352 g/mol. The van der Waals surface area contributed by atoms with Gasteiger partial charge in [0.15, 0.2) is 0 Å². The summed E-state index contributed by atoms with van der Waals surface area (Å²) in [4.78, 5) is 17.4. The maximum Gasteiger partial charge on any atom is 0.258 e. The number of anilines is 2. The summed E-state index contributed by atoms with van der Waals surface area (Å²) in [5.41, 5.74) is 3.85. The lowest BCUT2D eigenvalue weighted by molar-refractivity contribution is 0.0961. The van der Waals surface area contributed by atoms with Crippen molar-refractivity contribution in [3.05, 3.63) is 53.6 Å². The van der Waals surface area contributed by atoms with E-state index in [0.717, 1.165) is 43.3 Å². The third kappa shape index (κ3) is 3.03. The summed E-state index contributed by atoms with van der Waals surface area (Å²) < 4.78 is 11.2. The van der Waals surface area contributed by atoms with E-state index in [1.807, 2.05) is 48.2 Å². The predicted octanol–water partition coefficient (Wildman–Crippen LogP) is 3.26. The molecule has 0 N–H and O–H groups in total. The van der Waals surface area contributed by atoms with Crippen molar-refractivity contribution in [3.63, 3.8) is 0 Å². The Balaban J connectivity index is 1.63. The molecule has 2 aliphatic heterocycles. The van der Waals surface area contributed by atoms with Crippen molar-refractivity contribution in [2.24, 2.45) is 0 Å². The maximum absolute atomic E-state index is 13.2. The molecule has 0 spiro atoms. The van der Waals surface area contributed by atoms with E-state index in [2.05, 4.69) is 17.9 Å². The average Bonchev–Trinajstić information content (AvgIpc) is 2.68. The molecule has 26 heavy (non-hydrogen) atoms. The Morgan fingerprint density at radius 2 is 1.85 bits per heavy atom. The van der Waals surface area contributed by atoms with Crippen molar-refractivity contribution in [2.75, 3.05) is 42.7 Å². The number of carbonyl (C=O) groups excluding carboxylic acids is 1. The van der Waals surface area contributed by atoms with E-state index in [9.17, 15) is 4.79 Å². The number of amides is 1. The number of ether oxygens (including phenoxy) is 2. The number of benzene rings is 2. The molecule has 0 radical (unpaired) electrons. The molecule has 1 fully saturated rings.